The van der Waals surface area contributed by atoms with E-state index in [2.05, 4.69) is 5.32 Å². The van der Waals surface area contributed by atoms with Crippen LogP contribution in [0.5, 0.6) is 11.5 Å². The van der Waals surface area contributed by atoms with E-state index in [0.29, 0.717) is 22.8 Å². The molecule has 10 heteroatoms. The summed E-state index contributed by atoms with van der Waals surface area (Å²) in [6.45, 7) is 0.0266. The summed E-state index contributed by atoms with van der Waals surface area (Å²) in [6.07, 6.45) is 1.22. The number of fused-ring (bicyclic) bond motifs is 1. The zero-order valence-corrected chi connectivity index (χ0v) is 16.7. The maximum absolute atomic E-state index is 13.0. The minimum atomic E-state index is -1.08. The van der Waals surface area contributed by atoms with Gasteiger partial charge in [0, 0.05) is 11.6 Å². The second-order valence-corrected chi connectivity index (χ2v) is 7.08. The highest BCUT2D eigenvalue weighted by Gasteiger charge is 2.37. The van der Waals surface area contributed by atoms with Gasteiger partial charge in [-0.15, -0.1) is 0 Å². The Morgan fingerprint density at radius 2 is 1.82 bits per heavy atom. The summed E-state index contributed by atoms with van der Waals surface area (Å²) in [7, 11) is 0. The van der Waals surface area contributed by atoms with Crippen molar-refractivity contribution >= 4 is 35.6 Å². The molecule has 3 aromatic rings. The molecule has 0 aliphatic carbocycles. The molecule has 1 aromatic heterocycles. The number of benzene rings is 2. The summed E-state index contributed by atoms with van der Waals surface area (Å²) >= 11 is 0. The van der Waals surface area contributed by atoms with Crippen LogP contribution in [0.3, 0.4) is 0 Å². The second-order valence-electron chi connectivity index (χ2n) is 7.08. The van der Waals surface area contributed by atoms with Crippen molar-refractivity contribution in [1.82, 2.24) is 5.32 Å². The molecule has 10 nitrogen and oxygen atoms in total. The highest BCUT2D eigenvalue weighted by molar-refractivity contribution is 6.39. The lowest BCUT2D eigenvalue weighted by atomic mass is 10.1. The first-order valence-electron chi connectivity index (χ1n) is 9.65. The number of carbonyl (C=O) groups is 4. The van der Waals surface area contributed by atoms with Crippen molar-refractivity contribution in [1.29, 1.82) is 0 Å². The van der Waals surface area contributed by atoms with E-state index in [1.807, 2.05) is 0 Å². The molecule has 2 aliphatic heterocycles. The van der Waals surface area contributed by atoms with Gasteiger partial charge >= 0.3 is 12.0 Å². The average molecular weight is 446 g/mol. The van der Waals surface area contributed by atoms with Gasteiger partial charge in [-0.1, -0.05) is 12.1 Å². The normalized spacial score (nSPS) is 16.3. The number of anilines is 1. The first-order valence-corrected chi connectivity index (χ1v) is 9.65. The number of carbonyl (C=O) groups excluding carboxylic acids is 3. The van der Waals surface area contributed by atoms with Crippen molar-refractivity contribution in [2.45, 2.75) is 0 Å². The summed E-state index contributed by atoms with van der Waals surface area (Å²) in [5, 5.41) is 11.3. The lowest BCUT2D eigenvalue weighted by Crippen LogP contribution is -2.54. The van der Waals surface area contributed by atoms with Crippen LogP contribution in [0.2, 0.25) is 0 Å². The molecule has 33 heavy (non-hydrogen) atoms. The number of nitrogens with zero attached hydrogens (tertiary/aromatic N) is 1. The van der Waals surface area contributed by atoms with Crippen molar-refractivity contribution in [3.05, 3.63) is 71.5 Å². The van der Waals surface area contributed by atoms with Crippen molar-refractivity contribution in [3.63, 3.8) is 0 Å². The summed E-state index contributed by atoms with van der Waals surface area (Å²) in [5.41, 5.74) is 0.484. The molecule has 3 heterocycles. The number of barbiturate groups is 1. The van der Waals surface area contributed by atoms with E-state index in [-0.39, 0.29) is 29.4 Å². The van der Waals surface area contributed by atoms with E-state index in [4.69, 9.17) is 19.0 Å². The average Bonchev–Trinajstić information content (AvgIpc) is 3.46. The lowest BCUT2D eigenvalue weighted by molar-refractivity contribution is -0.122. The van der Waals surface area contributed by atoms with Crippen LogP contribution in [0.25, 0.3) is 17.4 Å². The number of hydrogen-bond acceptors (Lipinski definition) is 7. The highest BCUT2D eigenvalue weighted by Crippen LogP contribution is 2.36. The molecule has 2 N–H and O–H groups in total. The Bertz CT molecular complexity index is 1370. The third-order valence-corrected chi connectivity index (χ3v) is 5.02. The quantitative estimate of drug-likeness (QED) is 0.461. The SMILES string of the molecule is O=C1NC(=O)N(c2ccc3c(c2)OCO3)C(=O)/C1=C/c1ccc(-c2cccc(C(=O)O)c2)o1. The number of nitrogens with one attached hydrogen (secondary N) is 1. The number of carboxylic acids is 1. The maximum Gasteiger partial charge on any atom is 0.335 e. The molecule has 1 fully saturated rings. The Labute approximate surface area is 185 Å². The van der Waals surface area contributed by atoms with Crippen LogP contribution < -0.4 is 19.7 Å². The molecular weight excluding hydrogens is 432 g/mol. The summed E-state index contributed by atoms with van der Waals surface area (Å²) in [4.78, 5) is 49.8. The fourth-order valence-corrected chi connectivity index (χ4v) is 3.45. The number of hydrogen-bond donors (Lipinski definition) is 2. The fourth-order valence-electron chi connectivity index (χ4n) is 3.45. The molecular formula is C23H14N2O8. The predicted molar refractivity (Wildman–Crippen MR) is 113 cm³/mol. The Morgan fingerprint density at radius 1 is 1.00 bits per heavy atom. The molecule has 164 valence electrons. The number of rotatable bonds is 4. The molecule has 0 bridgehead atoms. The van der Waals surface area contributed by atoms with Crippen LogP contribution in [0.4, 0.5) is 10.5 Å². The van der Waals surface area contributed by atoms with Crippen LogP contribution >= 0.6 is 0 Å². The van der Waals surface area contributed by atoms with Crippen molar-refractivity contribution in [2.75, 3.05) is 11.7 Å². The molecule has 0 radical (unpaired) electrons. The first kappa shape index (κ1) is 20.1. The minimum Gasteiger partial charge on any atom is -0.478 e. The highest BCUT2D eigenvalue weighted by atomic mass is 16.7. The van der Waals surface area contributed by atoms with Gasteiger partial charge in [-0.05, 0) is 42.5 Å². The van der Waals surface area contributed by atoms with Crippen molar-refractivity contribution < 1.29 is 38.2 Å². The van der Waals surface area contributed by atoms with Crippen LogP contribution in [0.15, 0.2) is 64.6 Å². The minimum absolute atomic E-state index is 0.0266. The van der Waals surface area contributed by atoms with Crippen LogP contribution in [-0.4, -0.2) is 35.7 Å². The Hall–Kier alpha value is -4.86. The van der Waals surface area contributed by atoms with Gasteiger partial charge in [-0.25, -0.2) is 14.5 Å². The summed E-state index contributed by atoms with van der Waals surface area (Å²) in [6, 6.07) is 12.9. The van der Waals surface area contributed by atoms with E-state index in [0.717, 1.165) is 4.90 Å². The molecule has 2 aliphatic rings. The summed E-state index contributed by atoms with van der Waals surface area (Å²) < 4.78 is 16.2. The largest absolute Gasteiger partial charge is 0.478 e. The van der Waals surface area contributed by atoms with Gasteiger partial charge in [0.2, 0.25) is 6.79 Å². The third kappa shape index (κ3) is 3.59. The third-order valence-electron chi connectivity index (χ3n) is 5.02. The second kappa shape index (κ2) is 7.68. The van der Waals surface area contributed by atoms with Crippen molar-refractivity contribution in [2.24, 2.45) is 0 Å². The van der Waals surface area contributed by atoms with Crippen LogP contribution in [0, 0.1) is 0 Å². The van der Waals surface area contributed by atoms with E-state index in [1.54, 1.807) is 24.3 Å². The molecule has 0 saturated carbocycles. The number of aromatic carboxylic acids is 1. The molecule has 0 spiro atoms. The monoisotopic (exact) mass is 446 g/mol. The van der Waals surface area contributed by atoms with Gasteiger partial charge in [-0.2, -0.15) is 0 Å². The number of furan rings is 1. The van der Waals surface area contributed by atoms with Crippen molar-refractivity contribution in [3.8, 4) is 22.8 Å². The summed E-state index contributed by atoms with van der Waals surface area (Å²) in [5.74, 6) is -1.42. The van der Waals surface area contributed by atoms with Gasteiger partial charge in [0.05, 0.1) is 11.3 Å². The molecule has 2 aromatic carbocycles. The Morgan fingerprint density at radius 3 is 2.64 bits per heavy atom. The topological polar surface area (TPSA) is 135 Å². The number of ether oxygens (including phenoxy) is 2. The molecule has 1 saturated heterocycles. The Kier molecular flexibility index (Phi) is 4.67. The zero-order valence-electron chi connectivity index (χ0n) is 16.7. The molecule has 5 rings (SSSR count). The van der Waals surface area contributed by atoms with E-state index in [9.17, 15) is 19.2 Å². The van der Waals surface area contributed by atoms with Crippen LogP contribution in [-0.2, 0) is 9.59 Å². The van der Waals surface area contributed by atoms with Gasteiger partial charge in [0.15, 0.2) is 11.5 Å². The lowest BCUT2D eigenvalue weighted by Gasteiger charge is -2.26. The number of carboxylic acid groups (broad SMARTS) is 1. The van der Waals surface area contributed by atoms with Crippen LogP contribution in [0.1, 0.15) is 16.1 Å². The van der Waals surface area contributed by atoms with E-state index in [1.165, 1.54) is 36.4 Å². The number of amides is 4. The first-order chi connectivity index (χ1) is 15.9. The smallest absolute Gasteiger partial charge is 0.335 e. The predicted octanol–water partition coefficient (Wildman–Crippen LogP) is 3.04. The van der Waals surface area contributed by atoms with E-state index < -0.39 is 23.8 Å². The van der Waals surface area contributed by atoms with Gasteiger partial charge < -0.3 is 19.0 Å². The molecule has 4 amide bonds. The van der Waals surface area contributed by atoms with Gasteiger partial charge in [0.1, 0.15) is 17.1 Å². The van der Waals surface area contributed by atoms with E-state index >= 15 is 0 Å². The number of urea groups is 1. The fraction of sp³-hybridized carbons (Fsp3) is 0.0435. The Balaban J connectivity index is 1.46. The molecule has 0 unspecified atom stereocenters. The van der Waals surface area contributed by atoms with Gasteiger partial charge in [-0.3, -0.25) is 14.9 Å². The van der Waals surface area contributed by atoms with Gasteiger partial charge in [0.25, 0.3) is 11.8 Å². The maximum atomic E-state index is 13.0. The zero-order chi connectivity index (χ0) is 23.1. The number of imide groups is 2. The standard InChI is InChI=1S/C23H14N2O8/c26-20-16(10-15-5-7-17(33-15)12-2-1-3-13(8-12)22(28)29)21(27)25(23(30)24-20)14-4-6-18-19(9-14)32-11-31-18/h1-10H,11H2,(H,28,29)(H,24,26,30)/b16-10+. The molecule has 0 atom stereocenters.